The lowest BCUT2D eigenvalue weighted by atomic mass is 10.2. The van der Waals surface area contributed by atoms with E-state index in [1.807, 2.05) is 0 Å². The van der Waals surface area contributed by atoms with E-state index in [4.69, 9.17) is 16.3 Å². The molecule has 0 spiro atoms. The maximum Gasteiger partial charge on any atom is 0.207 e. The largest absolute Gasteiger partial charge is 0.490 e. The summed E-state index contributed by atoms with van der Waals surface area (Å²) in [4.78, 5) is 14.3. The number of carbonyl (C=O) groups is 1. The van der Waals surface area contributed by atoms with Crippen LogP contribution in [-0.4, -0.2) is 30.6 Å². The molecule has 2 heterocycles. The van der Waals surface area contributed by atoms with Gasteiger partial charge in [0, 0.05) is 18.2 Å². The number of aromatic nitrogens is 1. The van der Waals surface area contributed by atoms with Crippen molar-refractivity contribution in [3.63, 3.8) is 0 Å². The van der Waals surface area contributed by atoms with Crippen LogP contribution in [0.2, 0.25) is 5.15 Å². The maximum atomic E-state index is 10.3. The average molecular weight is 270 g/mol. The normalized spacial score (nSPS) is 18.6. The predicted octanol–water partition coefficient (Wildman–Crippen LogP) is 1.11. The number of pyridine rings is 1. The summed E-state index contributed by atoms with van der Waals surface area (Å²) in [5, 5.41) is 6.30. The minimum atomic E-state index is 0.355. The summed E-state index contributed by atoms with van der Waals surface area (Å²) in [5.74, 6) is 0.677. The molecule has 1 aliphatic rings. The lowest BCUT2D eigenvalue weighted by Crippen LogP contribution is -2.28. The second-order valence-electron chi connectivity index (χ2n) is 4.22. The summed E-state index contributed by atoms with van der Waals surface area (Å²) in [5.41, 5.74) is 0.751. The molecule has 18 heavy (non-hydrogen) atoms. The summed E-state index contributed by atoms with van der Waals surface area (Å²) in [7, 11) is 0. The number of ether oxygens (including phenoxy) is 1. The zero-order chi connectivity index (χ0) is 12.8. The van der Waals surface area contributed by atoms with Crippen molar-refractivity contribution in [3.8, 4) is 5.75 Å². The second kappa shape index (κ2) is 6.56. The quantitative estimate of drug-likeness (QED) is 0.600. The minimum absolute atomic E-state index is 0.355. The standard InChI is InChI=1S/C12H16ClN3O2/c13-12-9(5-14-8-17)4-11(6-16-12)18-7-10-2-1-3-15-10/h4,6,8,10,15H,1-3,5,7H2,(H,14,17)/t10-/m1/s1. The first-order chi connectivity index (χ1) is 8.79. The SMILES string of the molecule is O=CNCc1cc(OC[C@H]2CCCN2)cnc1Cl. The van der Waals surface area contributed by atoms with Gasteiger partial charge in [0.1, 0.15) is 17.5 Å². The van der Waals surface area contributed by atoms with Gasteiger partial charge in [-0.25, -0.2) is 4.98 Å². The molecule has 1 amide bonds. The molecule has 0 unspecified atom stereocenters. The van der Waals surface area contributed by atoms with Gasteiger partial charge in [-0.05, 0) is 25.5 Å². The van der Waals surface area contributed by atoms with Crippen molar-refractivity contribution >= 4 is 18.0 Å². The van der Waals surface area contributed by atoms with Crippen LogP contribution in [0.3, 0.4) is 0 Å². The zero-order valence-electron chi connectivity index (χ0n) is 9.99. The van der Waals surface area contributed by atoms with E-state index in [0.29, 0.717) is 36.5 Å². The van der Waals surface area contributed by atoms with Crippen LogP contribution in [0.1, 0.15) is 18.4 Å². The van der Waals surface area contributed by atoms with Gasteiger partial charge in [0.25, 0.3) is 0 Å². The van der Waals surface area contributed by atoms with Gasteiger partial charge in [-0.15, -0.1) is 0 Å². The van der Waals surface area contributed by atoms with Crippen molar-refractivity contribution in [2.75, 3.05) is 13.2 Å². The molecule has 0 radical (unpaired) electrons. The van der Waals surface area contributed by atoms with E-state index in [1.54, 1.807) is 12.3 Å². The highest BCUT2D eigenvalue weighted by atomic mass is 35.5. The van der Waals surface area contributed by atoms with Gasteiger partial charge in [0.05, 0.1) is 6.20 Å². The maximum absolute atomic E-state index is 10.3. The van der Waals surface area contributed by atoms with E-state index in [9.17, 15) is 4.79 Å². The summed E-state index contributed by atoms with van der Waals surface area (Å²) >= 11 is 5.92. The molecule has 1 aromatic rings. The van der Waals surface area contributed by atoms with Crippen molar-refractivity contribution in [2.45, 2.75) is 25.4 Å². The summed E-state index contributed by atoms with van der Waals surface area (Å²) in [6.07, 6.45) is 4.57. The Balaban J connectivity index is 1.92. The Morgan fingerprint density at radius 3 is 3.28 bits per heavy atom. The van der Waals surface area contributed by atoms with Gasteiger partial charge in [-0.1, -0.05) is 11.6 Å². The first kappa shape index (κ1) is 13.1. The Morgan fingerprint density at radius 2 is 2.56 bits per heavy atom. The average Bonchev–Trinajstić information content (AvgIpc) is 2.89. The third-order valence-corrected chi connectivity index (χ3v) is 3.22. The van der Waals surface area contributed by atoms with Crippen molar-refractivity contribution in [2.24, 2.45) is 0 Å². The van der Waals surface area contributed by atoms with Gasteiger partial charge < -0.3 is 15.4 Å². The molecule has 1 saturated heterocycles. The molecule has 1 aromatic heterocycles. The van der Waals surface area contributed by atoms with Crippen LogP contribution in [0.4, 0.5) is 0 Å². The molecule has 0 aliphatic carbocycles. The summed E-state index contributed by atoms with van der Waals surface area (Å²) < 4.78 is 5.67. The highest BCUT2D eigenvalue weighted by Crippen LogP contribution is 2.19. The fourth-order valence-electron chi connectivity index (χ4n) is 1.92. The molecule has 2 N–H and O–H groups in total. The first-order valence-electron chi connectivity index (χ1n) is 5.97. The molecule has 1 fully saturated rings. The van der Waals surface area contributed by atoms with Crippen LogP contribution in [0.5, 0.6) is 5.75 Å². The smallest absolute Gasteiger partial charge is 0.207 e. The van der Waals surface area contributed by atoms with Gasteiger partial charge >= 0.3 is 0 Å². The Kier molecular flexibility index (Phi) is 4.78. The lowest BCUT2D eigenvalue weighted by molar-refractivity contribution is -0.109. The molecule has 5 nitrogen and oxygen atoms in total. The van der Waals surface area contributed by atoms with Crippen molar-refractivity contribution in [1.82, 2.24) is 15.6 Å². The Hall–Kier alpha value is -1.33. The molecule has 0 bridgehead atoms. The van der Waals surface area contributed by atoms with E-state index in [2.05, 4.69) is 15.6 Å². The fourth-order valence-corrected chi connectivity index (χ4v) is 2.09. The molecular formula is C12H16ClN3O2. The van der Waals surface area contributed by atoms with E-state index < -0.39 is 0 Å². The number of rotatable bonds is 6. The van der Waals surface area contributed by atoms with Crippen LogP contribution in [-0.2, 0) is 11.3 Å². The Morgan fingerprint density at radius 1 is 1.67 bits per heavy atom. The van der Waals surface area contributed by atoms with Crippen molar-refractivity contribution < 1.29 is 9.53 Å². The van der Waals surface area contributed by atoms with E-state index in [-0.39, 0.29) is 0 Å². The third kappa shape index (κ3) is 3.58. The zero-order valence-corrected chi connectivity index (χ0v) is 10.7. The Bertz CT molecular complexity index is 408. The van der Waals surface area contributed by atoms with Gasteiger partial charge in [0.15, 0.2) is 0 Å². The van der Waals surface area contributed by atoms with E-state index in [1.165, 1.54) is 6.42 Å². The molecule has 6 heteroatoms. The van der Waals surface area contributed by atoms with E-state index in [0.717, 1.165) is 18.5 Å². The third-order valence-electron chi connectivity index (χ3n) is 2.88. The van der Waals surface area contributed by atoms with Gasteiger partial charge in [0.2, 0.25) is 6.41 Å². The fraction of sp³-hybridized carbons (Fsp3) is 0.500. The number of hydrogen-bond acceptors (Lipinski definition) is 4. The molecule has 1 aliphatic heterocycles. The second-order valence-corrected chi connectivity index (χ2v) is 4.58. The monoisotopic (exact) mass is 269 g/mol. The molecule has 1 atom stereocenters. The predicted molar refractivity (Wildman–Crippen MR) is 68.7 cm³/mol. The van der Waals surface area contributed by atoms with E-state index >= 15 is 0 Å². The number of amides is 1. The van der Waals surface area contributed by atoms with Crippen LogP contribution in [0.15, 0.2) is 12.3 Å². The highest BCUT2D eigenvalue weighted by Gasteiger charge is 2.14. The highest BCUT2D eigenvalue weighted by molar-refractivity contribution is 6.30. The van der Waals surface area contributed by atoms with Crippen LogP contribution >= 0.6 is 11.6 Å². The van der Waals surface area contributed by atoms with Crippen LogP contribution in [0.25, 0.3) is 0 Å². The number of nitrogens with zero attached hydrogens (tertiary/aromatic N) is 1. The molecular weight excluding hydrogens is 254 g/mol. The van der Waals surface area contributed by atoms with Crippen molar-refractivity contribution in [3.05, 3.63) is 23.0 Å². The molecule has 0 saturated carbocycles. The Labute approximate surface area is 111 Å². The minimum Gasteiger partial charge on any atom is -0.490 e. The number of nitrogens with one attached hydrogen (secondary N) is 2. The van der Waals surface area contributed by atoms with Gasteiger partial charge in [-0.2, -0.15) is 0 Å². The summed E-state index contributed by atoms with van der Waals surface area (Å²) in [6.45, 7) is 2.04. The number of hydrogen-bond donors (Lipinski definition) is 2. The van der Waals surface area contributed by atoms with Crippen LogP contribution in [0, 0.1) is 0 Å². The lowest BCUT2D eigenvalue weighted by Gasteiger charge is -2.13. The van der Waals surface area contributed by atoms with Gasteiger partial charge in [-0.3, -0.25) is 4.79 Å². The number of carbonyl (C=O) groups excluding carboxylic acids is 1. The topological polar surface area (TPSA) is 63.2 Å². The summed E-state index contributed by atoms with van der Waals surface area (Å²) in [6, 6.07) is 2.22. The first-order valence-corrected chi connectivity index (χ1v) is 6.35. The molecule has 0 aromatic carbocycles. The van der Waals surface area contributed by atoms with Crippen LogP contribution < -0.4 is 15.4 Å². The van der Waals surface area contributed by atoms with Crippen molar-refractivity contribution in [1.29, 1.82) is 0 Å². The molecule has 98 valence electrons. The number of halogens is 1. The molecule has 2 rings (SSSR count).